The number of amides is 1. The Morgan fingerprint density at radius 2 is 1.83 bits per heavy atom. The molecule has 2 N–H and O–H groups in total. The minimum atomic E-state index is -4.01. The maximum absolute atomic E-state index is 13.6. The first kappa shape index (κ1) is 21.2. The zero-order valence-corrected chi connectivity index (χ0v) is 16.5. The number of rotatable bonds is 6. The number of hydrogen-bond acceptors (Lipinski definition) is 6. The molecule has 2 aromatic carbocycles. The highest BCUT2D eigenvalue weighted by atomic mass is 35.5. The quantitative estimate of drug-likeness (QED) is 0.585. The number of nitrogens with zero attached hydrogens (tertiary/aromatic N) is 2. The van der Waals surface area contributed by atoms with Crippen LogP contribution >= 0.6 is 22.9 Å². The van der Waals surface area contributed by atoms with Gasteiger partial charge in [-0.3, -0.25) is 4.79 Å². The molecule has 0 fully saturated rings. The Balaban J connectivity index is 1.66. The van der Waals surface area contributed by atoms with Gasteiger partial charge in [0.05, 0.1) is 22.2 Å². The van der Waals surface area contributed by atoms with Crippen LogP contribution in [0.3, 0.4) is 0 Å². The smallest absolute Gasteiger partial charge is 0.286 e. The summed E-state index contributed by atoms with van der Waals surface area (Å²) in [6.45, 7) is -0.298. The maximum Gasteiger partial charge on any atom is 0.286 e. The molecule has 3 rings (SSSR count). The van der Waals surface area contributed by atoms with Gasteiger partial charge >= 0.3 is 0 Å². The van der Waals surface area contributed by atoms with E-state index < -0.39 is 33.4 Å². The SMILES string of the molecule is O=C(Nc1ccc(F)cc1F)c1nnc(CNS(=O)(=O)c2ccc(F)c(Cl)c2)s1. The van der Waals surface area contributed by atoms with Crippen LogP contribution in [0.5, 0.6) is 0 Å². The summed E-state index contributed by atoms with van der Waals surface area (Å²) in [5.74, 6) is -3.32. The normalized spacial score (nSPS) is 11.4. The third-order valence-electron chi connectivity index (χ3n) is 3.46. The van der Waals surface area contributed by atoms with Crippen molar-refractivity contribution in [3.63, 3.8) is 0 Å². The molecule has 1 aromatic heterocycles. The summed E-state index contributed by atoms with van der Waals surface area (Å²) >= 11 is 6.35. The zero-order valence-electron chi connectivity index (χ0n) is 14.1. The van der Waals surface area contributed by atoms with Crippen LogP contribution in [0, 0.1) is 17.5 Å². The summed E-state index contributed by atoms with van der Waals surface area (Å²) in [6, 6.07) is 5.54. The summed E-state index contributed by atoms with van der Waals surface area (Å²) in [5, 5.41) is 9.15. The van der Waals surface area contributed by atoms with Crippen LogP contribution in [0.15, 0.2) is 41.3 Å². The predicted octanol–water partition coefficient (Wildman–Crippen LogP) is 3.34. The van der Waals surface area contributed by atoms with Crippen molar-refractivity contribution in [1.82, 2.24) is 14.9 Å². The Kier molecular flexibility index (Phi) is 6.17. The molecule has 0 saturated carbocycles. The van der Waals surface area contributed by atoms with E-state index in [-0.39, 0.29) is 32.2 Å². The van der Waals surface area contributed by atoms with E-state index in [2.05, 4.69) is 20.2 Å². The monoisotopic (exact) mass is 462 g/mol. The van der Waals surface area contributed by atoms with Gasteiger partial charge in [-0.25, -0.2) is 26.3 Å². The molecule has 0 aliphatic rings. The zero-order chi connectivity index (χ0) is 21.2. The van der Waals surface area contributed by atoms with E-state index in [1.54, 1.807) is 0 Å². The third kappa shape index (κ3) is 5.09. The van der Waals surface area contributed by atoms with Gasteiger partial charge in [0.15, 0.2) is 0 Å². The Morgan fingerprint density at radius 1 is 1.07 bits per heavy atom. The van der Waals surface area contributed by atoms with Crippen LogP contribution in [0.25, 0.3) is 0 Å². The predicted molar refractivity (Wildman–Crippen MR) is 99.7 cm³/mol. The van der Waals surface area contributed by atoms with Gasteiger partial charge in [0.1, 0.15) is 22.5 Å². The molecule has 3 aromatic rings. The van der Waals surface area contributed by atoms with Crippen LogP contribution in [0.4, 0.5) is 18.9 Å². The van der Waals surface area contributed by atoms with E-state index in [0.717, 1.165) is 41.7 Å². The van der Waals surface area contributed by atoms with E-state index in [9.17, 15) is 26.4 Å². The van der Waals surface area contributed by atoms with Gasteiger partial charge in [-0.15, -0.1) is 10.2 Å². The average Bonchev–Trinajstić information content (AvgIpc) is 3.14. The number of anilines is 1. The number of sulfonamides is 1. The number of benzene rings is 2. The van der Waals surface area contributed by atoms with Crippen LogP contribution in [0.2, 0.25) is 5.02 Å². The molecule has 1 amide bonds. The molecule has 1 heterocycles. The highest BCUT2D eigenvalue weighted by Gasteiger charge is 2.19. The largest absolute Gasteiger partial charge is 0.317 e. The highest BCUT2D eigenvalue weighted by Crippen LogP contribution is 2.20. The topological polar surface area (TPSA) is 101 Å². The minimum Gasteiger partial charge on any atom is -0.317 e. The van der Waals surface area contributed by atoms with Crippen LogP contribution in [-0.2, 0) is 16.6 Å². The molecule has 0 spiro atoms. The molecule has 0 atom stereocenters. The summed E-state index contributed by atoms with van der Waals surface area (Å²) in [5.41, 5.74) is -0.248. The van der Waals surface area contributed by atoms with Gasteiger partial charge in [-0.05, 0) is 30.3 Å². The van der Waals surface area contributed by atoms with Crippen molar-refractivity contribution >= 4 is 44.6 Å². The number of carbonyl (C=O) groups is 1. The molecule has 0 radical (unpaired) electrons. The fourth-order valence-electron chi connectivity index (χ4n) is 2.07. The molecule has 0 bridgehead atoms. The van der Waals surface area contributed by atoms with Crippen LogP contribution in [-0.4, -0.2) is 24.5 Å². The molecule has 0 unspecified atom stereocenters. The lowest BCUT2D eigenvalue weighted by atomic mass is 10.3. The molecule has 29 heavy (non-hydrogen) atoms. The highest BCUT2D eigenvalue weighted by molar-refractivity contribution is 7.89. The van der Waals surface area contributed by atoms with Gasteiger partial charge < -0.3 is 5.32 Å². The van der Waals surface area contributed by atoms with E-state index in [1.807, 2.05) is 0 Å². The number of hydrogen-bond donors (Lipinski definition) is 2. The van der Waals surface area contributed by atoms with Gasteiger partial charge in [0.25, 0.3) is 5.91 Å². The second kappa shape index (κ2) is 8.45. The van der Waals surface area contributed by atoms with E-state index in [0.29, 0.717) is 6.07 Å². The first-order chi connectivity index (χ1) is 13.7. The molecule has 13 heteroatoms. The Bertz CT molecular complexity index is 1190. The number of halogens is 4. The van der Waals surface area contributed by atoms with Crippen molar-refractivity contribution in [3.8, 4) is 0 Å². The van der Waals surface area contributed by atoms with Crippen LogP contribution in [0.1, 0.15) is 14.8 Å². The van der Waals surface area contributed by atoms with Crippen molar-refractivity contribution in [2.75, 3.05) is 5.32 Å². The van der Waals surface area contributed by atoms with Crippen molar-refractivity contribution in [3.05, 3.63) is 68.9 Å². The number of carbonyl (C=O) groups excluding carboxylic acids is 1. The second-order valence-corrected chi connectivity index (χ2v) is 8.72. The van der Waals surface area contributed by atoms with Crippen LogP contribution < -0.4 is 10.0 Å². The molecule has 7 nitrogen and oxygen atoms in total. The van der Waals surface area contributed by atoms with E-state index >= 15 is 0 Å². The summed E-state index contributed by atoms with van der Waals surface area (Å²) in [7, 11) is -4.01. The number of aromatic nitrogens is 2. The fraction of sp³-hybridized carbons (Fsp3) is 0.0625. The maximum atomic E-state index is 13.6. The summed E-state index contributed by atoms with van der Waals surface area (Å²) in [4.78, 5) is 11.9. The number of nitrogens with one attached hydrogen (secondary N) is 2. The summed E-state index contributed by atoms with van der Waals surface area (Å²) < 4.78 is 66.4. The molecule has 0 saturated heterocycles. The summed E-state index contributed by atoms with van der Waals surface area (Å²) in [6.07, 6.45) is 0. The Hall–Kier alpha value is -2.54. The average molecular weight is 463 g/mol. The van der Waals surface area contributed by atoms with Gasteiger partial charge in [0.2, 0.25) is 15.0 Å². The van der Waals surface area contributed by atoms with Crippen molar-refractivity contribution in [1.29, 1.82) is 0 Å². The second-order valence-electron chi connectivity index (χ2n) is 5.48. The van der Waals surface area contributed by atoms with E-state index in [1.165, 1.54) is 0 Å². The van der Waals surface area contributed by atoms with Gasteiger partial charge in [-0.1, -0.05) is 22.9 Å². The molecule has 0 aliphatic heterocycles. The first-order valence-electron chi connectivity index (χ1n) is 7.69. The van der Waals surface area contributed by atoms with Crippen molar-refractivity contribution in [2.45, 2.75) is 11.4 Å². The molecule has 0 aliphatic carbocycles. The first-order valence-corrected chi connectivity index (χ1v) is 10.4. The minimum absolute atomic E-state index is 0.145. The third-order valence-corrected chi connectivity index (χ3v) is 6.07. The lowest BCUT2D eigenvalue weighted by Crippen LogP contribution is -2.23. The van der Waals surface area contributed by atoms with Gasteiger partial charge in [0, 0.05) is 6.07 Å². The lowest BCUT2D eigenvalue weighted by Gasteiger charge is -2.05. The van der Waals surface area contributed by atoms with E-state index in [4.69, 9.17) is 11.6 Å². The van der Waals surface area contributed by atoms with Gasteiger partial charge in [-0.2, -0.15) is 0 Å². The lowest BCUT2D eigenvalue weighted by molar-refractivity contribution is 0.102. The Morgan fingerprint density at radius 3 is 2.52 bits per heavy atom. The molecule has 152 valence electrons. The fourth-order valence-corrected chi connectivity index (χ4v) is 4.09. The Labute approximate surface area is 171 Å². The standard InChI is InChI=1S/C16H10ClF3N4O3S2/c17-10-6-9(2-3-11(10)19)29(26,27)21-7-14-23-24-16(28-14)15(25)22-13-4-1-8(18)5-12(13)20/h1-6,21H,7H2,(H,22,25). The van der Waals surface area contributed by atoms with Crippen molar-refractivity contribution < 1.29 is 26.4 Å². The molecular weight excluding hydrogens is 453 g/mol. The van der Waals surface area contributed by atoms with Crippen molar-refractivity contribution in [2.24, 2.45) is 0 Å². The molecular formula is C16H10ClF3N4O3S2.